The van der Waals surface area contributed by atoms with E-state index in [1.54, 1.807) is 23.1 Å². The topological polar surface area (TPSA) is 102 Å². The highest BCUT2D eigenvalue weighted by Gasteiger charge is 2.22. The number of benzene rings is 2. The number of nitrogens with zero attached hydrogens (tertiary/aromatic N) is 1. The number of ether oxygens (including phenoxy) is 1. The van der Waals surface area contributed by atoms with E-state index < -0.39 is 10.1 Å². The minimum absolute atomic E-state index is 0.0198. The van der Waals surface area contributed by atoms with Gasteiger partial charge in [0.25, 0.3) is 0 Å². The zero-order chi connectivity index (χ0) is 24.8. The van der Waals surface area contributed by atoms with Crippen LogP contribution in [-0.2, 0) is 26.3 Å². The predicted octanol–water partition coefficient (Wildman–Crippen LogP) is 4.20. The zero-order valence-electron chi connectivity index (χ0n) is 19.9. The maximum atomic E-state index is 12.8. The minimum Gasteiger partial charge on any atom is -0.493 e. The Bertz CT molecular complexity index is 1080. The Hall–Kier alpha value is -3.07. The molecule has 1 N–H and O–H groups in total. The van der Waals surface area contributed by atoms with E-state index in [4.69, 9.17) is 8.92 Å². The number of hydrogen-bond acceptors (Lipinski definition) is 6. The van der Waals surface area contributed by atoms with Crippen molar-refractivity contribution in [1.29, 1.82) is 0 Å². The van der Waals surface area contributed by atoms with Crippen LogP contribution in [0.4, 0.5) is 5.69 Å². The summed E-state index contributed by atoms with van der Waals surface area (Å²) in [5.41, 5.74) is 1.19. The first-order valence-electron chi connectivity index (χ1n) is 10.7. The standard InChI is InChI=1S/C24H32N2O6S/c1-16(2)13-24(28)26(17(3)4)15-19-7-12-22(31-6)23(14-19)32-33(29,30)21-10-8-20(9-11-21)25-18(5)27/h7-12,14,16-17H,13,15H2,1-6H3,(H,25,27). The van der Waals surface area contributed by atoms with Crippen LogP contribution < -0.4 is 14.2 Å². The first kappa shape index (κ1) is 26.2. The molecule has 2 rings (SSSR count). The highest BCUT2D eigenvalue weighted by molar-refractivity contribution is 7.87. The third kappa shape index (κ3) is 7.49. The molecule has 2 aromatic rings. The van der Waals surface area contributed by atoms with E-state index in [1.165, 1.54) is 38.3 Å². The van der Waals surface area contributed by atoms with Crippen molar-refractivity contribution in [2.45, 2.75) is 58.5 Å². The fourth-order valence-electron chi connectivity index (χ4n) is 3.18. The van der Waals surface area contributed by atoms with Gasteiger partial charge in [-0.2, -0.15) is 8.42 Å². The minimum atomic E-state index is -4.16. The smallest absolute Gasteiger partial charge is 0.339 e. The molecule has 0 atom stereocenters. The van der Waals surface area contributed by atoms with Gasteiger partial charge >= 0.3 is 10.1 Å². The molecule has 0 aromatic heterocycles. The summed E-state index contributed by atoms with van der Waals surface area (Å²) in [6.07, 6.45) is 0.431. The van der Waals surface area contributed by atoms with Gasteiger partial charge in [0.05, 0.1) is 7.11 Å². The molecular formula is C24H32N2O6S. The maximum absolute atomic E-state index is 12.8. The predicted molar refractivity (Wildman–Crippen MR) is 127 cm³/mol. The second kappa shape index (κ2) is 11.2. The van der Waals surface area contributed by atoms with Gasteiger partial charge in [0, 0.05) is 31.6 Å². The molecule has 0 aliphatic heterocycles. The second-order valence-electron chi connectivity index (χ2n) is 8.44. The average molecular weight is 477 g/mol. The molecule has 8 nitrogen and oxygen atoms in total. The van der Waals surface area contributed by atoms with Crippen LogP contribution in [0.1, 0.15) is 46.6 Å². The van der Waals surface area contributed by atoms with Crippen LogP contribution in [0.2, 0.25) is 0 Å². The molecule has 0 fully saturated rings. The van der Waals surface area contributed by atoms with Gasteiger partial charge in [0.2, 0.25) is 11.8 Å². The first-order chi connectivity index (χ1) is 15.4. The molecule has 0 unspecified atom stereocenters. The Morgan fingerprint density at radius 1 is 1.00 bits per heavy atom. The van der Waals surface area contributed by atoms with Crippen LogP contribution >= 0.6 is 0 Å². The second-order valence-corrected chi connectivity index (χ2v) is 9.99. The monoisotopic (exact) mass is 476 g/mol. The highest BCUT2D eigenvalue weighted by atomic mass is 32.2. The van der Waals surface area contributed by atoms with Gasteiger partial charge in [-0.05, 0) is 61.7 Å². The van der Waals surface area contributed by atoms with E-state index in [0.717, 1.165) is 0 Å². The van der Waals surface area contributed by atoms with Crippen LogP contribution in [0.15, 0.2) is 47.4 Å². The molecular weight excluding hydrogens is 444 g/mol. The van der Waals surface area contributed by atoms with Crippen LogP contribution in [-0.4, -0.2) is 38.3 Å². The molecule has 0 saturated heterocycles. The summed E-state index contributed by atoms with van der Waals surface area (Å²) >= 11 is 0. The van der Waals surface area contributed by atoms with Gasteiger partial charge in [0.1, 0.15) is 4.90 Å². The van der Waals surface area contributed by atoms with Crippen molar-refractivity contribution >= 4 is 27.6 Å². The van der Waals surface area contributed by atoms with Crippen molar-refractivity contribution in [3.63, 3.8) is 0 Å². The van der Waals surface area contributed by atoms with Crippen molar-refractivity contribution in [1.82, 2.24) is 4.90 Å². The molecule has 0 aliphatic rings. The van der Waals surface area contributed by atoms with Crippen LogP contribution in [0.25, 0.3) is 0 Å². The van der Waals surface area contributed by atoms with E-state index in [0.29, 0.717) is 24.2 Å². The summed E-state index contributed by atoms with van der Waals surface area (Å²) in [6, 6.07) is 10.6. The number of rotatable bonds is 10. The lowest BCUT2D eigenvalue weighted by molar-refractivity contribution is -0.134. The Morgan fingerprint density at radius 2 is 1.64 bits per heavy atom. The van der Waals surface area contributed by atoms with Gasteiger partial charge in [-0.15, -0.1) is 0 Å². The summed E-state index contributed by atoms with van der Waals surface area (Å²) in [5.74, 6) is 0.286. The SMILES string of the molecule is COc1ccc(CN(C(=O)CC(C)C)C(C)C)cc1OS(=O)(=O)c1ccc(NC(C)=O)cc1. The molecule has 0 bridgehead atoms. The summed E-state index contributed by atoms with van der Waals surface area (Å²) in [5, 5.41) is 2.58. The normalized spacial score (nSPS) is 11.4. The third-order valence-corrected chi connectivity index (χ3v) is 6.02. The summed E-state index contributed by atoms with van der Waals surface area (Å²) < 4.78 is 36.4. The average Bonchev–Trinajstić information content (AvgIpc) is 2.71. The third-order valence-electron chi connectivity index (χ3n) is 4.77. The number of nitrogens with one attached hydrogen (secondary N) is 1. The molecule has 0 heterocycles. The fraction of sp³-hybridized carbons (Fsp3) is 0.417. The number of anilines is 1. The lowest BCUT2D eigenvalue weighted by Gasteiger charge is -2.28. The number of carbonyl (C=O) groups excluding carboxylic acids is 2. The highest BCUT2D eigenvalue weighted by Crippen LogP contribution is 2.32. The largest absolute Gasteiger partial charge is 0.493 e. The number of hydrogen-bond donors (Lipinski definition) is 1. The fourth-order valence-corrected chi connectivity index (χ4v) is 4.11. The maximum Gasteiger partial charge on any atom is 0.339 e. The van der Waals surface area contributed by atoms with Crippen molar-refractivity contribution in [2.24, 2.45) is 5.92 Å². The molecule has 2 aromatic carbocycles. The number of carbonyl (C=O) groups is 2. The van der Waals surface area contributed by atoms with Crippen LogP contribution in [0.3, 0.4) is 0 Å². The Labute approximate surface area is 196 Å². The molecule has 33 heavy (non-hydrogen) atoms. The summed E-state index contributed by atoms with van der Waals surface area (Å²) in [4.78, 5) is 25.5. The Kier molecular flexibility index (Phi) is 8.87. The molecule has 9 heteroatoms. The van der Waals surface area contributed by atoms with Crippen LogP contribution in [0.5, 0.6) is 11.5 Å². The molecule has 0 radical (unpaired) electrons. The molecule has 0 spiro atoms. The van der Waals surface area contributed by atoms with Gasteiger partial charge in [0.15, 0.2) is 11.5 Å². The molecule has 0 aliphatic carbocycles. The molecule has 0 saturated carbocycles. The zero-order valence-corrected chi connectivity index (χ0v) is 20.7. The van der Waals surface area contributed by atoms with E-state index in [2.05, 4.69) is 5.32 Å². The molecule has 2 amide bonds. The van der Waals surface area contributed by atoms with Crippen LogP contribution in [0, 0.1) is 5.92 Å². The summed E-state index contributed by atoms with van der Waals surface area (Å²) in [6.45, 7) is 9.54. The Morgan fingerprint density at radius 3 is 2.15 bits per heavy atom. The molecule has 180 valence electrons. The van der Waals surface area contributed by atoms with E-state index >= 15 is 0 Å². The quantitative estimate of drug-likeness (QED) is 0.516. The summed E-state index contributed by atoms with van der Waals surface area (Å²) in [7, 11) is -2.74. The van der Waals surface area contributed by atoms with Gasteiger partial charge in [-0.1, -0.05) is 19.9 Å². The van der Waals surface area contributed by atoms with Gasteiger partial charge in [-0.3, -0.25) is 9.59 Å². The van der Waals surface area contributed by atoms with Crippen molar-refractivity contribution < 1.29 is 26.9 Å². The lowest BCUT2D eigenvalue weighted by Crippen LogP contribution is -2.36. The van der Waals surface area contributed by atoms with E-state index in [-0.39, 0.29) is 40.2 Å². The number of methoxy groups -OCH3 is 1. The van der Waals surface area contributed by atoms with Gasteiger partial charge in [-0.25, -0.2) is 0 Å². The Balaban J connectivity index is 2.30. The first-order valence-corrected chi connectivity index (χ1v) is 12.1. The van der Waals surface area contributed by atoms with Crippen molar-refractivity contribution in [3.05, 3.63) is 48.0 Å². The van der Waals surface area contributed by atoms with Crippen molar-refractivity contribution in [2.75, 3.05) is 12.4 Å². The lowest BCUT2D eigenvalue weighted by atomic mass is 10.1. The number of amides is 2. The van der Waals surface area contributed by atoms with Gasteiger partial charge < -0.3 is 19.1 Å². The van der Waals surface area contributed by atoms with E-state index in [9.17, 15) is 18.0 Å². The van der Waals surface area contributed by atoms with E-state index in [1.807, 2.05) is 27.7 Å². The van der Waals surface area contributed by atoms with Crippen molar-refractivity contribution in [3.8, 4) is 11.5 Å².